The lowest BCUT2D eigenvalue weighted by Gasteiger charge is -2.27. The van der Waals surface area contributed by atoms with Crippen LogP contribution in [0.3, 0.4) is 0 Å². The van der Waals surface area contributed by atoms with E-state index >= 15 is 0 Å². The first-order chi connectivity index (χ1) is 14.8. The minimum Gasteiger partial charge on any atom is -0.262 e. The van der Waals surface area contributed by atoms with Gasteiger partial charge in [0.2, 0.25) is 0 Å². The molecular weight excluding hydrogens is 368 g/mol. The molecule has 4 rings (SSSR count). The van der Waals surface area contributed by atoms with Crippen LogP contribution >= 0.6 is 0 Å². The maximum absolute atomic E-state index is 9.57. The Balaban J connectivity index is 2.07. The number of hydrogen-bond donors (Lipinski definition) is 0. The zero-order valence-corrected chi connectivity index (χ0v) is 16.3. The van der Waals surface area contributed by atoms with Crippen LogP contribution in [0.4, 0.5) is 0 Å². The average molecular weight is 388 g/mol. The predicted octanol–water partition coefficient (Wildman–Crippen LogP) is 6.74. The summed E-state index contributed by atoms with van der Waals surface area (Å²) in [6.45, 7) is 0. The Morgan fingerprint density at radius 3 is 1.30 bits per heavy atom. The fourth-order valence-corrected chi connectivity index (χ4v) is 3.49. The molecule has 0 saturated carbocycles. The quantitative estimate of drug-likeness (QED) is 0.152. The summed E-state index contributed by atoms with van der Waals surface area (Å²) in [5.41, 5.74) is 12.6. The summed E-state index contributed by atoms with van der Waals surface area (Å²) >= 11 is 0. The molecule has 4 aromatic carbocycles. The molecule has 0 fully saturated rings. The van der Waals surface area contributed by atoms with Crippen LogP contribution < -0.4 is 0 Å². The summed E-state index contributed by atoms with van der Waals surface area (Å²) in [6.07, 6.45) is 0. The summed E-state index contributed by atoms with van der Waals surface area (Å²) in [5.74, 6) is 0. The Labute approximate surface area is 175 Å². The van der Waals surface area contributed by atoms with Crippen LogP contribution in [0.15, 0.2) is 131 Å². The summed E-state index contributed by atoms with van der Waals surface area (Å²) in [6, 6.07) is 39.3. The van der Waals surface area contributed by atoms with E-state index in [9.17, 15) is 5.53 Å². The Hall–Kier alpha value is -4.14. The van der Waals surface area contributed by atoms with Crippen LogP contribution in [-0.2, 0) is 5.66 Å². The van der Waals surface area contributed by atoms with Crippen molar-refractivity contribution in [1.82, 2.24) is 0 Å². The maximum atomic E-state index is 9.57. The Morgan fingerprint density at radius 1 is 0.567 bits per heavy atom. The van der Waals surface area contributed by atoms with Crippen molar-refractivity contribution in [3.63, 3.8) is 0 Å². The van der Waals surface area contributed by atoms with Crippen molar-refractivity contribution in [2.24, 2.45) is 10.1 Å². The van der Waals surface area contributed by atoms with Crippen LogP contribution in [-0.4, -0.2) is 5.71 Å². The van der Waals surface area contributed by atoms with Crippen LogP contribution in [0.5, 0.6) is 0 Å². The van der Waals surface area contributed by atoms with Gasteiger partial charge in [-0.15, -0.1) is 0 Å². The van der Waals surface area contributed by atoms with E-state index in [2.05, 4.69) is 10.0 Å². The number of rotatable bonds is 6. The van der Waals surface area contributed by atoms with Crippen molar-refractivity contribution in [3.05, 3.63) is 154 Å². The smallest absolute Gasteiger partial charge is 0.190 e. The van der Waals surface area contributed by atoms with Gasteiger partial charge < -0.3 is 0 Å². The molecule has 4 heteroatoms. The van der Waals surface area contributed by atoms with Crippen LogP contribution in [0.1, 0.15) is 22.3 Å². The number of hydrogen-bond acceptors (Lipinski definition) is 2. The molecule has 0 aliphatic rings. The number of azide groups is 1. The number of aliphatic imine (C=N–C) groups is 1. The highest BCUT2D eigenvalue weighted by molar-refractivity contribution is 6.13. The van der Waals surface area contributed by atoms with Crippen molar-refractivity contribution in [1.29, 1.82) is 0 Å². The first-order valence-corrected chi connectivity index (χ1v) is 9.71. The lowest BCUT2D eigenvalue weighted by atomic mass is 9.91. The molecule has 0 aromatic heterocycles. The molecule has 144 valence electrons. The number of nitrogens with zero attached hydrogens (tertiary/aromatic N) is 4. The fraction of sp³-hybridized carbons (Fsp3) is 0.0385. The van der Waals surface area contributed by atoms with E-state index in [0.717, 1.165) is 28.0 Å². The van der Waals surface area contributed by atoms with Crippen LogP contribution in [0.25, 0.3) is 10.4 Å². The molecule has 4 aromatic rings. The number of benzene rings is 4. The van der Waals surface area contributed by atoms with Gasteiger partial charge in [0, 0.05) is 16.0 Å². The summed E-state index contributed by atoms with van der Waals surface area (Å²) in [7, 11) is 0. The third kappa shape index (κ3) is 3.86. The van der Waals surface area contributed by atoms with E-state index in [1.807, 2.05) is 121 Å². The Bertz CT molecular complexity index is 1080. The predicted molar refractivity (Wildman–Crippen MR) is 121 cm³/mol. The highest BCUT2D eigenvalue weighted by Crippen LogP contribution is 2.37. The molecule has 0 aliphatic carbocycles. The van der Waals surface area contributed by atoms with Gasteiger partial charge in [-0.05, 0) is 16.7 Å². The standard InChI is InChI=1S/C26H20N4/c27-30-29-26(23-17-9-3-10-18-23,24-19-11-4-12-20-24)28-25(21-13-5-1-6-14-21)22-15-7-2-8-16-22/h1-20H. The van der Waals surface area contributed by atoms with Gasteiger partial charge >= 0.3 is 0 Å². The van der Waals surface area contributed by atoms with Gasteiger partial charge in [0.05, 0.1) is 5.71 Å². The molecule has 0 spiro atoms. The van der Waals surface area contributed by atoms with Crippen molar-refractivity contribution in [2.45, 2.75) is 5.66 Å². The molecule has 0 heterocycles. The van der Waals surface area contributed by atoms with E-state index in [1.54, 1.807) is 0 Å². The lowest BCUT2D eigenvalue weighted by molar-refractivity contribution is 0.568. The second kappa shape index (κ2) is 8.91. The second-order valence-electron chi connectivity index (χ2n) is 6.79. The van der Waals surface area contributed by atoms with Crippen molar-refractivity contribution in [2.75, 3.05) is 0 Å². The summed E-state index contributed by atoms with van der Waals surface area (Å²) in [4.78, 5) is 8.39. The molecule has 0 saturated heterocycles. The lowest BCUT2D eigenvalue weighted by Crippen LogP contribution is -2.25. The third-order valence-electron chi connectivity index (χ3n) is 4.91. The molecule has 0 atom stereocenters. The Morgan fingerprint density at radius 2 is 0.933 bits per heavy atom. The zero-order valence-electron chi connectivity index (χ0n) is 16.3. The van der Waals surface area contributed by atoms with Gasteiger partial charge in [-0.1, -0.05) is 126 Å². The molecule has 0 N–H and O–H groups in total. The molecule has 0 amide bonds. The van der Waals surface area contributed by atoms with Gasteiger partial charge in [-0.3, -0.25) is 4.99 Å². The molecule has 0 bridgehead atoms. The first kappa shape index (κ1) is 19.2. The van der Waals surface area contributed by atoms with E-state index in [1.165, 1.54) is 0 Å². The zero-order chi connectivity index (χ0) is 20.7. The molecule has 0 unspecified atom stereocenters. The monoisotopic (exact) mass is 388 g/mol. The third-order valence-corrected chi connectivity index (χ3v) is 4.91. The summed E-state index contributed by atoms with van der Waals surface area (Å²) < 4.78 is 0. The summed E-state index contributed by atoms with van der Waals surface area (Å²) in [5, 5.41) is 4.28. The van der Waals surface area contributed by atoms with E-state index in [0.29, 0.717) is 0 Å². The van der Waals surface area contributed by atoms with Crippen LogP contribution in [0.2, 0.25) is 0 Å². The molecular formula is C26H20N4. The second-order valence-corrected chi connectivity index (χ2v) is 6.79. The van der Waals surface area contributed by atoms with Gasteiger partial charge in [-0.25, -0.2) is 0 Å². The highest BCUT2D eigenvalue weighted by atomic mass is 15.3. The Kier molecular flexibility index (Phi) is 5.70. The topological polar surface area (TPSA) is 61.1 Å². The normalized spacial score (nSPS) is 10.7. The molecule has 0 aliphatic heterocycles. The van der Waals surface area contributed by atoms with E-state index < -0.39 is 5.66 Å². The largest absolute Gasteiger partial charge is 0.262 e. The van der Waals surface area contributed by atoms with Crippen LogP contribution in [0, 0.1) is 0 Å². The van der Waals surface area contributed by atoms with Gasteiger partial charge in [-0.2, -0.15) is 0 Å². The molecule has 30 heavy (non-hydrogen) atoms. The average Bonchev–Trinajstić information content (AvgIpc) is 2.84. The molecule has 4 nitrogen and oxygen atoms in total. The van der Waals surface area contributed by atoms with E-state index in [4.69, 9.17) is 4.99 Å². The van der Waals surface area contributed by atoms with Gasteiger partial charge in [0.25, 0.3) is 0 Å². The van der Waals surface area contributed by atoms with Crippen molar-refractivity contribution < 1.29 is 0 Å². The highest BCUT2D eigenvalue weighted by Gasteiger charge is 2.34. The van der Waals surface area contributed by atoms with Gasteiger partial charge in [0.15, 0.2) is 5.66 Å². The maximum Gasteiger partial charge on any atom is 0.190 e. The first-order valence-electron chi connectivity index (χ1n) is 9.71. The fourth-order valence-electron chi connectivity index (χ4n) is 3.49. The SMILES string of the molecule is [N-]=[N+]=NC(N=C(c1ccccc1)c1ccccc1)(c1ccccc1)c1ccccc1. The molecule has 0 radical (unpaired) electrons. The van der Waals surface area contributed by atoms with Crippen molar-refractivity contribution in [3.8, 4) is 0 Å². The van der Waals surface area contributed by atoms with Crippen molar-refractivity contribution >= 4 is 5.71 Å². The minimum atomic E-state index is -1.24. The van der Waals surface area contributed by atoms with Gasteiger partial charge in [0.1, 0.15) is 0 Å². The minimum absolute atomic E-state index is 0.760. The van der Waals surface area contributed by atoms with E-state index in [-0.39, 0.29) is 0 Å².